The van der Waals surface area contributed by atoms with E-state index in [0.717, 1.165) is 35.0 Å². The molecule has 0 atom stereocenters. The molecule has 1 aromatic carbocycles. The van der Waals surface area contributed by atoms with Crippen molar-refractivity contribution in [2.24, 2.45) is 0 Å². The highest BCUT2D eigenvalue weighted by molar-refractivity contribution is 7.99. The first-order valence-corrected chi connectivity index (χ1v) is 12.0. The van der Waals surface area contributed by atoms with Gasteiger partial charge in [0.05, 0.1) is 29.7 Å². The Labute approximate surface area is 187 Å². The van der Waals surface area contributed by atoms with E-state index in [-0.39, 0.29) is 23.9 Å². The van der Waals surface area contributed by atoms with Crippen molar-refractivity contribution in [2.75, 3.05) is 26.0 Å². The van der Waals surface area contributed by atoms with Gasteiger partial charge in [-0.25, -0.2) is 4.98 Å². The van der Waals surface area contributed by atoms with Crippen LogP contribution >= 0.6 is 23.1 Å². The minimum Gasteiger partial charge on any atom is -0.383 e. The summed E-state index contributed by atoms with van der Waals surface area (Å²) in [6, 6.07) is 6.87. The molecule has 3 heterocycles. The third-order valence-corrected chi connectivity index (χ3v) is 7.88. The van der Waals surface area contributed by atoms with Crippen LogP contribution in [0.4, 0.5) is 0 Å². The molecule has 7 nitrogen and oxygen atoms in total. The van der Waals surface area contributed by atoms with Gasteiger partial charge in [-0.2, -0.15) is 0 Å². The van der Waals surface area contributed by atoms with Gasteiger partial charge in [0.25, 0.3) is 17.4 Å². The molecule has 2 amide bonds. The normalized spacial score (nSPS) is 15.2. The van der Waals surface area contributed by atoms with E-state index in [1.807, 2.05) is 0 Å². The maximum Gasteiger partial charge on any atom is 0.263 e. The van der Waals surface area contributed by atoms with Gasteiger partial charge in [-0.3, -0.25) is 23.9 Å². The van der Waals surface area contributed by atoms with Crippen LogP contribution in [-0.2, 0) is 24.1 Å². The number of aromatic nitrogens is 2. The zero-order valence-electron chi connectivity index (χ0n) is 17.1. The second-order valence-corrected chi connectivity index (χ2v) is 9.68. The van der Waals surface area contributed by atoms with Crippen LogP contribution in [0.1, 0.15) is 37.6 Å². The molecule has 0 bridgehead atoms. The molecule has 0 spiro atoms. The number of fused-ring (bicyclic) bond motifs is 4. The molecule has 160 valence electrons. The van der Waals surface area contributed by atoms with E-state index in [1.54, 1.807) is 47.3 Å². The number of aryl methyl sites for hydroxylation is 2. The number of nitrogens with zero attached hydrogens (tertiary/aromatic N) is 3. The SMILES string of the molecule is COCCn1c(SCCN2C(=O)c3ccccc3C2=O)nc2sc3c(c2c1=O)CCC3. The molecule has 0 unspecified atom stereocenters. The van der Waals surface area contributed by atoms with Gasteiger partial charge in [-0.05, 0) is 37.0 Å². The zero-order chi connectivity index (χ0) is 21.5. The Morgan fingerprint density at radius 1 is 1.10 bits per heavy atom. The van der Waals surface area contributed by atoms with Crippen molar-refractivity contribution in [3.63, 3.8) is 0 Å². The summed E-state index contributed by atoms with van der Waals surface area (Å²) in [5.74, 6) is -0.0753. The number of hydrogen-bond acceptors (Lipinski definition) is 7. The van der Waals surface area contributed by atoms with Crippen LogP contribution in [0, 0.1) is 0 Å². The minimum atomic E-state index is -0.268. The highest BCUT2D eigenvalue weighted by Gasteiger charge is 2.34. The second-order valence-electron chi connectivity index (χ2n) is 7.54. The molecular weight excluding hydrogens is 434 g/mol. The molecule has 1 aliphatic heterocycles. The average Bonchev–Trinajstić information content (AvgIpc) is 3.42. The summed E-state index contributed by atoms with van der Waals surface area (Å²) in [6.45, 7) is 1.08. The molecular formula is C22H21N3O4S2. The Hall–Kier alpha value is -2.49. The van der Waals surface area contributed by atoms with Gasteiger partial charge in [0, 0.05) is 24.3 Å². The maximum absolute atomic E-state index is 13.3. The molecule has 31 heavy (non-hydrogen) atoms. The predicted molar refractivity (Wildman–Crippen MR) is 120 cm³/mol. The minimum absolute atomic E-state index is 0.0234. The molecule has 0 fully saturated rings. The number of hydrogen-bond donors (Lipinski definition) is 0. The van der Waals surface area contributed by atoms with E-state index in [0.29, 0.717) is 35.2 Å². The van der Waals surface area contributed by atoms with E-state index >= 15 is 0 Å². The summed E-state index contributed by atoms with van der Waals surface area (Å²) in [4.78, 5) is 46.6. The van der Waals surface area contributed by atoms with Crippen LogP contribution < -0.4 is 5.56 Å². The lowest BCUT2D eigenvalue weighted by Gasteiger charge is -2.15. The van der Waals surface area contributed by atoms with E-state index in [2.05, 4.69) is 0 Å². The second kappa shape index (κ2) is 8.22. The van der Waals surface area contributed by atoms with Gasteiger partial charge in [0.2, 0.25) is 0 Å². The zero-order valence-corrected chi connectivity index (χ0v) is 18.7. The third-order valence-electron chi connectivity index (χ3n) is 5.73. The molecule has 3 aromatic rings. The van der Waals surface area contributed by atoms with Crippen LogP contribution in [0.15, 0.2) is 34.2 Å². The Balaban J connectivity index is 1.40. The number of carbonyl (C=O) groups is 2. The Morgan fingerprint density at radius 2 is 1.84 bits per heavy atom. The van der Waals surface area contributed by atoms with Crippen molar-refractivity contribution >= 4 is 45.1 Å². The van der Waals surface area contributed by atoms with Gasteiger partial charge in [-0.15, -0.1) is 11.3 Å². The van der Waals surface area contributed by atoms with Crippen molar-refractivity contribution in [1.29, 1.82) is 0 Å². The van der Waals surface area contributed by atoms with Gasteiger partial charge in [0.15, 0.2) is 5.16 Å². The Kier molecular flexibility index (Phi) is 5.41. The number of thiophene rings is 1. The van der Waals surface area contributed by atoms with Crippen LogP contribution in [0.5, 0.6) is 0 Å². The quantitative estimate of drug-likeness (QED) is 0.310. The first-order chi connectivity index (χ1) is 15.1. The van der Waals surface area contributed by atoms with Crippen LogP contribution in [0.2, 0.25) is 0 Å². The molecule has 9 heteroatoms. The number of amides is 2. The third kappa shape index (κ3) is 3.40. The predicted octanol–water partition coefficient (Wildman–Crippen LogP) is 2.98. The van der Waals surface area contributed by atoms with Crippen molar-refractivity contribution in [3.05, 3.63) is 56.2 Å². The maximum atomic E-state index is 13.3. The number of methoxy groups -OCH3 is 1. The lowest BCUT2D eigenvalue weighted by Crippen LogP contribution is -2.32. The van der Waals surface area contributed by atoms with E-state index < -0.39 is 0 Å². The summed E-state index contributed by atoms with van der Waals surface area (Å²) in [5.41, 5.74) is 2.03. The van der Waals surface area contributed by atoms with Gasteiger partial charge in [0.1, 0.15) is 4.83 Å². The number of ether oxygens (including phenoxy) is 1. The Bertz CT molecular complexity index is 1230. The summed E-state index contributed by atoms with van der Waals surface area (Å²) in [6.07, 6.45) is 3.03. The lowest BCUT2D eigenvalue weighted by atomic mass is 10.1. The van der Waals surface area contributed by atoms with Crippen LogP contribution in [-0.4, -0.2) is 52.3 Å². The monoisotopic (exact) mass is 455 g/mol. The molecule has 0 saturated heterocycles. The molecule has 0 radical (unpaired) electrons. The first kappa shape index (κ1) is 20.4. The molecule has 0 N–H and O–H groups in total. The molecule has 1 aliphatic carbocycles. The average molecular weight is 456 g/mol. The number of thioether (sulfide) groups is 1. The van der Waals surface area contributed by atoms with Crippen molar-refractivity contribution in [1.82, 2.24) is 14.5 Å². The fourth-order valence-corrected chi connectivity index (χ4v) is 6.47. The summed E-state index contributed by atoms with van der Waals surface area (Å²) >= 11 is 3.00. The van der Waals surface area contributed by atoms with Crippen molar-refractivity contribution in [2.45, 2.75) is 31.0 Å². The standard InChI is InChI=1S/C22H21N3O4S2/c1-29-11-9-25-21(28)17-15-7-4-8-16(15)31-18(17)23-22(25)30-12-10-24-19(26)13-5-2-3-6-14(13)20(24)27/h2-3,5-6H,4,7-12H2,1H3. The van der Waals surface area contributed by atoms with E-state index in [1.165, 1.54) is 21.5 Å². The highest BCUT2D eigenvalue weighted by atomic mass is 32.2. The molecule has 2 aliphatic rings. The van der Waals surface area contributed by atoms with Gasteiger partial charge in [-0.1, -0.05) is 23.9 Å². The highest BCUT2D eigenvalue weighted by Crippen LogP contribution is 2.35. The number of carbonyl (C=O) groups excluding carboxylic acids is 2. The number of rotatable bonds is 7. The number of benzene rings is 1. The van der Waals surface area contributed by atoms with E-state index in [4.69, 9.17) is 9.72 Å². The largest absolute Gasteiger partial charge is 0.383 e. The summed E-state index contributed by atoms with van der Waals surface area (Å²) in [5, 5.41) is 1.35. The van der Waals surface area contributed by atoms with Crippen LogP contribution in [0.3, 0.4) is 0 Å². The fourth-order valence-electron chi connectivity index (χ4n) is 4.22. The lowest BCUT2D eigenvalue weighted by molar-refractivity contribution is 0.0664. The molecule has 5 rings (SSSR count). The topological polar surface area (TPSA) is 81.5 Å². The smallest absolute Gasteiger partial charge is 0.263 e. The Morgan fingerprint density at radius 3 is 2.55 bits per heavy atom. The van der Waals surface area contributed by atoms with Gasteiger partial charge < -0.3 is 4.74 Å². The molecule has 2 aromatic heterocycles. The number of imide groups is 1. The van der Waals surface area contributed by atoms with Gasteiger partial charge >= 0.3 is 0 Å². The van der Waals surface area contributed by atoms with Crippen molar-refractivity contribution in [3.8, 4) is 0 Å². The summed E-state index contributed by atoms with van der Waals surface area (Å²) < 4.78 is 6.87. The van der Waals surface area contributed by atoms with Crippen LogP contribution in [0.25, 0.3) is 10.2 Å². The fraction of sp³-hybridized carbons (Fsp3) is 0.364. The first-order valence-electron chi connectivity index (χ1n) is 10.2. The molecule has 0 saturated carbocycles. The van der Waals surface area contributed by atoms with E-state index in [9.17, 15) is 14.4 Å². The van der Waals surface area contributed by atoms with Crippen molar-refractivity contribution < 1.29 is 14.3 Å². The summed E-state index contributed by atoms with van der Waals surface area (Å²) in [7, 11) is 1.61.